The maximum absolute atomic E-state index is 12.5. The van der Waals surface area contributed by atoms with E-state index in [1.807, 2.05) is 11.9 Å². The first-order valence-electron chi connectivity index (χ1n) is 8.67. The highest BCUT2D eigenvalue weighted by Crippen LogP contribution is 2.12. The molecule has 2 fully saturated rings. The molecule has 3 rings (SSSR count). The van der Waals surface area contributed by atoms with E-state index in [9.17, 15) is 9.59 Å². The quantitative estimate of drug-likeness (QED) is 0.843. The van der Waals surface area contributed by atoms with E-state index >= 15 is 0 Å². The minimum atomic E-state index is -0.0972. The lowest BCUT2D eigenvalue weighted by Crippen LogP contribution is -2.54. The second-order valence-corrected chi connectivity index (χ2v) is 6.51. The molecule has 1 N–H and O–H groups in total. The van der Waals surface area contributed by atoms with E-state index in [2.05, 4.69) is 10.2 Å². The highest BCUT2D eigenvalue weighted by molar-refractivity contribution is 5.91. The smallest absolute Gasteiger partial charge is 0.289 e. The molecule has 0 aromatic carbocycles. The average Bonchev–Trinajstić information content (AvgIpc) is 3.16. The zero-order valence-electron chi connectivity index (χ0n) is 14.6. The molecule has 2 amide bonds. The van der Waals surface area contributed by atoms with Crippen LogP contribution in [0.3, 0.4) is 0 Å². The van der Waals surface area contributed by atoms with E-state index in [1.165, 1.54) is 12.7 Å². The van der Waals surface area contributed by atoms with Crippen LogP contribution in [0.2, 0.25) is 0 Å². The van der Waals surface area contributed by atoms with Crippen LogP contribution in [-0.2, 0) is 4.79 Å². The summed E-state index contributed by atoms with van der Waals surface area (Å²) in [6.45, 7) is 4.70. The zero-order chi connectivity index (χ0) is 16.9. The second-order valence-electron chi connectivity index (χ2n) is 6.51. The van der Waals surface area contributed by atoms with Crippen molar-refractivity contribution in [3.05, 3.63) is 24.2 Å². The number of rotatable bonds is 4. The molecule has 7 nitrogen and oxygen atoms in total. The summed E-state index contributed by atoms with van der Waals surface area (Å²) >= 11 is 0. The predicted octanol–water partition coefficient (Wildman–Crippen LogP) is 0.670. The number of hydrogen-bond acceptors (Lipinski definition) is 5. The van der Waals surface area contributed by atoms with Crippen LogP contribution in [0.25, 0.3) is 0 Å². The number of hydrogen-bond donors (Lipinski definition) is 1. The Labute approximate surface area is 154 Å². The third-order valence-corrected chi connectivity index (χ3v) is 4.92. The number of nitrogens with zero attached hydrogens (tertiary/aromatic N) is 3. The molecule has 0 spiro atoms. The molecule has 1 unspecified atom stereocenters. The molecule has 2 aliphatic rings. The molecule has 1 aromatic rings. The Hall–Kier alpha value is -1.57. The molecule has 0 aliphatic carbocycles. The summed E-state index contributed by atoms with van der Waals surface area (Å²) in [7, 11) is 1.98. The number of likely N-dealkylation sites (tertiary alicyclic amines) is 1. The van der Waals surface area contributed by atoms with Gasteiger partial charge in [0, 0.05) is 38.8 Å². The summed E-state index contributed by atoms with van der Waals surface area (Å²) in [5, 5.41) is 3.30. The Morgan fingerprint density at radius 3 is 2.56 bits per heavy atom. The lowest BCUT2D eigenvalue weighted by Gasteiger charge is -2.37. The number of furan rings is 1. The van der Waals surface area contributed by atoms with Gasteiger partial charge in [0.05, 0.1) is 12.8 Å². The largest absolute Gasteiger partial charge is 0.459 e. The van der Waals surface area contributed by atoms with Crippen LogP contribution in [0, 0.1) is 0 Å². The number of carbonyl (C=O) groups is 2. The first-order valence-corrected chi connectivity index (χ1v) is 8.67. The lowest BCUT2D eigenvalue weighted by molar-refractivity contribution is -0.134. The maximum atomic E-state index is 12.5. The van der Waals surface area contributed by atoms with Crippen LogP contribution in [0.15, 0.2) is 22.8 Å². The van der Waals surface area contributed by atoms with E-state index in [-0.39, 0.29) is 24.2 Å². The van der Waals surface area contributed by atoms with Gasteiger partial charge in [0.25, 0.3) is 5.91 Å². The van der Waals surface area contributed by atoms with Gasteiger partial charge in [-0.1, -0.05) is 0 Å². The van der Waals surface area contributed by atoms with E-state index in [1.54, 1.807) is 17.0 Å². The van der Waals surface area contributed by atoms with Crippen LogP contribution >= 0.6 is 12.4 Å². The number of halogens is 1. The summed E-state index contributed by atoms with van der Waals surface area (Å²) in [6.07, 6.45) is 3.81. The number of piperidine rings is 1. The molecule has 0 bridgehead atoms. The van der Waals surface area contributed by atoms with Crippen LogP contribution in [0.4, 0.5) is 0 Å². The third kappa shape index (κ3) is 4.96. The summed E-state index contributed by atoms with van der Waals surface area (Å²) in [5.74, 6) is 0.429. The third-order valence-electron chi connectivity index (χ3n) is 4.92. The van der Waals surface area contributed by atoms with Gasteiger partial charge < -0.3 is 19.5 Å². The van der Waals surface area contributed by atoms with Crippen molar-refractivity contribution in [3.8, 4) is 0 Å². The van der Waals surface area contributed by atoms with Crippen molar-refractivity contribution in [2.24, 2.45) is 0 Å². The van der Waals surface area contributed by atoms with Crippen LogP contribution < -0.4 is 5.32 Å². The standard InChI is InChI=1S/C17H26N4O3.ClH/c1-18-14-4-2-6-19(12-14)13-16(22)20-7-9-21(10-8-20)17(23)15-5-3-11-24-15;/h3,5,11,14,18H,2,4,6-10,12-13H2,1H3;1H. The highest BCUT2D eigenvalue weighted by Gasteiger charge is 2.28. The number of amides is 2. The summed E-state index contributed by atoms with van der Waals surface area (Å²) < 4.78 is 5.16. The molecule has 0 radical (unpaired) electrons. The Morgan fingerprint density at radius 2 is 1.92 bits per heavy atom. The lowest BCUT2D eigenvalue weighted by atomic mass is 10.1. The minimum Gasteiger partial charge on any atom is -0.459 e. The predicted molar refractivity (Wildman–Crippen MR) is 97.0 cm³/mol. The van der Waals surface area contributed by atoms with Gasteiger partial charge in [0.15, 0.2) is 5.76 Å². The normalized spacial score (nSPS) is 21.7. The van der Waals surface area contributed by atoms with Gasteiger partial charge in [0.1, 0.15) is 0 Å². The first kappa shape index (κ1) is 19.8. The van der Waals surface area contributed by atoms with Crippen molar-refractivity contribution in [2.75, 3.05) is 52.9 Å². The van der Waals surface area contributed by atoms with E-state index in [0.29, 0.717) is 44.5 Å². The molecule has 0 saturated carbocycles. The molecule has 2 aliphatic heterocycles. The number of nitrogens with one attached hydrogen (secondary N) is 1. The molecule has 25 heavy (non-hydrogen) atoms. The van der Waals surface area contributed by atoms with Gasteiger partial charge in [0.2, 0.25) is 5.91 Å². The molecule has 1 aromatic heterocycles. The summed E-state index contributed by atoms with van der Waals surface area (Å²) in [6, 6.07) is 3.87. The number of piperazine rings is 1. The van der Waals surface area contributed by atoms with Crippen molar-refractivity contribution in [3.63, 3.8) is 0 Å². The van der Waals surface area contributed by atoms with Gasteiger partial charge in [-0.2, -0.15) is 0 Å². The molecule has 8 heteroatoms. The fourth-order valence-electron chi connectivity index (χ4n) is 3.44. The monoisotopic (exact) mass is 370 g/mol. The van der Waals surface area contributed by atoms with Crippen molar-refractivity contribution in [1.82, 2.24) is 20.0 Å². The minimum absolute atomic E-state index is 0. The summed E-state index contributed by atoms with van der Waals surface area (Å²) in [5.41, 5.74) is 0. The van der Waals surface area contributed by atoms with Crippen molar-refractivity contribution in [2.45, 2.75) is 18.9 Å². The van der Waals surface area contributed by atoms with Gasteiger partial charge in [-0.05, 0) is 38.6 Å². The van der Waals surface area contributed by atoms with Crippen molar-refractivity contribution in [1.29, 1.82) is 0 Å². The van der Waals surface area contributed by atoms with Gasteiger partial charge in [-0.3, -0.25) is 14.5 Å². The Bertz CT molecular complexity index is 558. The Kier molecular flexibility index (Phi) is 7.28. The number of likely N-dealkylation sites (N-methyl/N-ethyl adjacent to an activating group) is 1. The number of carbonyl (C=O) groups excluding carboxylic acids is 2. The van der Waals surface area contributed by atoms with Crippen molar-refractivity contribution < 1.29 is 14.0 Å². The topological polar surface area (TPSA) is 69.0 Å². The maximum Gasteiger partial charge on any atom is 0.289 e. The average molecular weight is 371 g/mol. The van der Waals surface area contributed by atoms with Gasteiger partial charge in [-0.15, -0.1) is 12.4 Å². The molecule has 3 heterocycles. The molecule has 1 atom stereocenters. The molecule has 2 saturated heterocycles. The molecular formula is C17H27ClN4O3. The SMILES string of the molecule is CNC1CCCN(CC(=O)N2CCN(C(=O)c3ccco3)CC2)C1.Cl. The summed E-state index contributed by atoms with van der Waals surface area (Å²) in [4.78, 5) is 30.6. The zero-order valence-corrected chi connectivity index (χ0v) is 15.5. The van der Waals surface area contributed by atoms with Gasteiger partial charge in [-0.25, -0.2) is 0 Å². The van der Waals surface area contributed by atoms with Gasteiger partial charge >= 0.3 is 0 Å². The molecule has 140 valence electrons. The highest BCUT2D eigenvalue weighted by atomic mass is 35.5. The first-order chi connectivity index (χ1) is 11.7. The van der Waals surface area contributed by atoms with Crippen molar-refractivity contribution >= 4 is 24.2 Å². The second kappa shape index (κ2) is 9.22. The Balaban J connectivity index is 0.00000225. The fourth-order valence-corrected chi connectivity index (χ4v) is 3.44. The van der Waals surface area contributed by atoms with E-state index in [4.69, 9.17) is 4.42 Å². The van der Waals surface area contributed by atoms with E-state index < -0.39 is 0 Å². The Morgan fingerprint density at radius 1 is 1.20 bits per heavy atom. The van der Waals surface area contributed by atoms with Crippen LogP contribution in [-0.4, -0.2) is 85.4 Å². The van der Waals surface area contributed by atoms with Crippen LogP contribution in [0.5, 0.6) is 0 Å². The molecular weight excluding hydrogens is 344 g/mol. The van der Waals surface area contributed by atoms with E-state index in [0.717, 1.165) is 19.5 Å². The fraction of sp³-hybridized carbons (Fsp3) is 0.647. The van der Waals surface area contributed by atoms with Crippen LogP contribution in [0.1, 0.15) is 23.4 Å².